The second-order valence-electron chi connectivity index (χ2n) is 3.99. The summed E-state index contributed by atoms with van der Waals surface area (Å²) in [4.78, 5) is 13.7. The molecule has 0 atom stereocenters. The number of amides is 1. The molecule has 1 rings (SSSR count). The molecule has 1 aliphatic carbocycles. The highest BCUT2D eigenvalue weighted by molar-refractivity contribution is 5.76. The Morgan fingerprint density at radius 1 is 1.53 bits per heavy atom. The number of carbonyl (C=O) groups is 1. The number of aliphatic hydroxyl groups excluding tert-OH is 1. The molecule has 0 aliphatic heterocycles. The molecule has 1 N–H and O–H groups in total. The number of carbonyl (C=O) groups excluding carboxylic acids is 1. The van der Waals surface area contributed by atoms with Crippen molar-refractivity contribution in [3.8, 4) is 0 Å². The van der Waals surface area contributed by atoms with Gasteiger partial charge in [-0.2, -0.15) is 0 Å². The molecular weight excluding hydrogens is 194 g/mol. The summed E-state index contributed by atoms with van der Waals surface area (Å²) in [6, 6.07) is 0.418. The average Bonchev–Trinajstić information content (AvgIpc) is 2.17. The van der Waals surface area contributed by atoms with Crippen LogP contribution in [0.2, 0.25) is 0 Å². The Kier molecular flexibility index (Phi) is 5.65. The molecule has 0 aromatic rings. The first-order valence-electron chi connectivity index (χ1n) is 5.69. The highest BCUT2D eigenvalue weighted by Gasteiger charge is 2.27. The van der Waals surface area contributed by atoms with E-state index < -0.39 is 0 Å². The fourth-order valence-electron chi connectivity index (χ4n) is 1.78. The van der Waals surface area contributed by atoms with Crippen LogP contribution in [-0.4, -0.2) is 48.8 Å². The molecule has 0 bridgehead atoms. The molecule has 1 amide bonds. The summed E-state index contributed by atoms with van der Waals surface area (Å²) in [5.41, 5.74) is 0. The third-order valence-corrected chi connectivity index (χ3v) is 2.91. The lowest BCUT2D eigenvalue weighted by Crippen LogP contribution is -2.45. The number of nitrogens with zero attached hydrogens (tertiary/aromatic N) is 1. The SMILES string of the molecule is COCCC(=O)N(CCCO)C1CCC1. The first kappa shape index (κ1) is 12.5. The van der Waals surface area contributed by atoms with Crippen molar-refractivity contribution in [3.63, 3.8) is 0 Å². The van der Waals surface area contributed by atoms with E-state index in [4.69, 9.17) is 9.84 Å². The highest BCUT2D eigenvalue weighted by Crippen LogP contribution is 2.25. The van der Waals surface area contributed by atoms with Crippen molar-refractivity contribution in [3.05, 3.63) is 0 Å². The van der Waals surface area contributed by atoms with Gasteiger partial charge in [-0.05, 0) is 25.7 Å². The van der Waals surface area contributed by atoms with E-state index in [2.05, 4.69) is 0 Å². The van der Waals surface area contributed by atoms with E-state index >= 15 is 0 Å². The number of hydrogen-bond acceptors (Lipinski definition) is 3. The Bertz CT molecular complexity index is 192. The van der Waals surface area contributed by atoms with Gasteiger partial charge < -0.3 is 14.7 Å². The van der Waals surface area contributed by atoms with Crippen LogP contribution in [0.1, 0.15) is 32.1 Å². The third kappa shape index (κ3) is 3.80. The van der Waals surface area contributed by atoms with Gasteiger partial charge in [0.2, 0.25) is 5.91 Å². The summed E-state index contributed by atoms with van der Waals surface area (Å²) in [6.45, 7) is 1.33. The summed E-state index contributed by atoms with van der Waals surface area (Å²) in [6.07, 6.45) is 4.58. The molecule has 4 nitrogen and oxygen atoms in total. The first-order chi connectivity index (χ1) is 7.29. The van der Waals surface area contributed by atoms with E-state index in [1.165, 1.54) is 6.42 Å². The molecule has 1 aliphatic rings. The molecule has 0 heterocycles. The minimum Gasteiger partial charge on any atom is -0.396 e. The standard InChI is InChI=1S/C11H21NO3/c1-15-9-6-11(14)12(7-3-8-13)10-4-2-5-10/h10,13H,2-9H2,1H3. The summed E-state index contributed by atoms with van der Waals surface area (Å²) in [5.74, 6) is 0.162. The predicted molar refractivity (Wildman–Crippen MR) is 57.5 cm³/mol. The molecule has 1 fully saturated rings. The maximum absolute atomic E-state index is 11.8. The van der Waals surface area contributed by atoms with Gasteiger partial charge in [0.15, 0.2) is 0 Å². The molecule has 0 unspecified atom stereocenters. The minimum atomic E-state index is 0.154. The Balaban J connectivity index is 2.35. The van der Waals surface area contributed by atoms with Crippen LogP contribution in [0.5, 0.6) is 0 Å². The van der Waals surface area contributed by atoms with Crippen LogP contribution >= 0.6 is 0 Å². The molecule has 1 saturated carbocycles. The maximum atomic E-state index is 11.8. The van der Waals surface area contributed by atoms with Gasteiger partial charge in [-0.3, -0.25) is 4.79 Å². The summed E-state index contributed by atoms with van der Waals surface area (Å²) >= 11 is 0. The lowest BCUT2D eigenvalue weighted by Gasteiger charge is -2.37. The van der Waals surface area contributed by atoms with Crippen molar-refractivity contribution in [2.24, 2.45) is 0 Å². The van der Waals surface area contributed by atoms with Gasteiger partial charge in [-0.15, -0.1) is 0 Å². The molecule has 15 heavy (non-hydrogen) atoms. The molecule has 0 saturated heterocycles. The number of ether oxygens (including phenoxy) is 1. The minimum absolute atomic E-state index is 0.154. The second kappa shape index (κ2) is 6.80. The zero-order chi connectivity index (χ0) is 11.1. The molecule has 0 aromatic heterocycles. The van der Waals surface area contributed by atoms with Gasteiger partial charge in [0.05, 0.1) is 13.0 Å². The maximum Gasteiger partial charge on any atom is 0.225 e. The number of hydrogen-bond donors (Lipinski definition) is 1. The van der Waals surface area contributed by atoms with Gasteiger partial charge in [-0.25, -0.2) is 0 Å². The fourth-order valence-corrected chi connectivity index (χ4v) is 1.78. The smallest absolute Gasteiger partial charge is 0.225 e. The van der Waals surface area contributed by atoms with Crippen molar-refractivity contribution in [1.29, 1.82) is 0 Å². The van der Waals surface area contributed by atoms with Crippen molar-refractivity contribution in [2.45, 2.75) is 38.1 Å². The largest absolute Gasteiger partial charge is 0.396 e. The van der Waals surface area contributed by atoms with Gasteiger partial charge in [0.1, 0.15) is 0 Å². The van der Waals surface area contributed by atoms with Crippen LogP contribution < -0.4 is 0 Å². The van der Waals surface area contributed by atoms with E-state index in [9.17, 15) is 4.79 Å². The highest BCUT2D eigenvalue weighted by atomic mass is 16.5. The van der Waals surface area contributed by atoms with Crippen LogP contribution in [0.4, 0.5) is 0 Å². The van der Waals surface area contributed by atoms with Crippen molar-refractivity contribution in [1.82, 2.24) is 4.90 Å². The van der Waals surface area contributed by atoms with Gasteiger partial charge in [0.25, 0.3) is 0 Å². The summed E-state index contributed by atoms with van der Waals surface area (Å²) < 4.78 is 4.90. The number of aliphatic hydroxyl groups is 1. The van der Waals surface area contributed by atoms with Crippen molar-refractivity contribution < 1.29 is 14.6 Å². The van der Waals surface area contributed by atoms with Gasteiger partial charge >= 0.3 is 0 Å². The molecule has 0 aromatic carbocycles. The van der Waals surface area contributed by atoms with E-state index in [0.717, 1.165) is 12.8 Å². The Morgan fingerprint density at radius 2 is 2.27 bits per heavy atom. The zero-order valence-electron chi connectivity index (χ0n) is 9.45. The Labute approximate surface area is 91.2 Å². The van der Waals surface area contributed by atoms with Crippen molar-refractivity contribution in [2.75, 3.05) is 26.9 Å². The van der Waals surface area contributed by atoms with Crippen LogP contribution in [0.3, 0.4) is 0 Å². The monoisotopic (exact) mass is 215 g/mol. The zero-order valence-corrected chi connectivity index (χ0v) is 9.45. The molecule has 88 valence electrons. The van der Waals surface area contributed by atoms with Crippen LogP contribution in [-0.2, 0) is 9.53 Å². The number of methoxy groups -OCH3 is 1. The molecule has 4 heteroatoms. The lowest BCUT2D eigenvalue weighted by molar-refractivity contribution is -0.136. The number of rotatable bonds is 7. The quantitative estimate of drug-likeness (QED) is 0.683. The first-order valence-corrected chi connectivity index (χ1v) is 5.69. The molecule has 0 radical (unpaired) electrons. The van der Waals surface area contributed by atoms with E-state index in [-0.39, 0.29) is 12.5 Å². The Hall–Kier alpha value is -0.610. The van der Waals surface area contributed by atoms with Gasteiger partial charge in [0, 0.05) is 26.3 Å². The lowest BCUT2D eigenvalue weighted by atomic mass is 9.91. The van der Waals surface area contributed by atoms with Crippen LogP contribution in [0.25, 0.3) is 0 Å². The summed E-state index contributed by atoms with van der Waals surface area (Å²) in [7, 11) is 1.61. The average molecular weight is 215 g/mol. The second-order valence-corrected chi connectivity index (χ2v) is 3.99. The van der Waals surface area contributed by atoms with Crippen LogP contribution in [0.15, 0.2) is 0 Å². The Morgan fingerprint density at radius 3 is 2.73 bits per heavy atom. The summed E-state index contributed by atoms with van der Waals surface area (Å²) in [5, 5.41) is 8.78. The van der Waals surface area contributed by atoms with Crippen LogP contribution in [0, 0.1) is 0 Å². The van der Waals surface area contributed by atoms with E-state index in [1.54, 1.807) is 7.11 Å². The van der Waals surface area contributed by atoms with E-state index in [1.807, 2.05) is 4.90 Å². The fraction of sp³-hybridized carbons (Fsp3) is 0.909. The topological polar surface area (TPSA) is 49.8 Å². The van der Waals surface area contributed by atoms with E-state index in [0.29, 0.717) is 32.0 Å². The third-order valence-electron chi connectivity index (χ3n) is 2.91. The van der Waals surface area contributed by atoms with Crippen molar-refractivity contribution >= 4 is 5.91 Å². The van der Waals surface area contributed by atoms with Gasteiger partial charge in [-0.1, -0.05) is 0 Å². The normalized spacial score (nSPS) is 16.1. The molecule has 0 spiro atoms. The predicted octanol–water partition coefficient (Wildman–Crippen LogP) is 0.786. The molecular formula is C11H21NO3.